The molecule has 1 aromatic heterocycles. The van der Waals surface area contributed by atoms with Crippen molar-refractivity contribution in [2.24, 2.45) is 0 Å². The van der Waals surface area contributed by atoms with Crippen molar-refractivity contribution in [3.8, 4) is 0 Å². The first-order valence-corrected chi connectivity index (χ1v) is 10.1. The van der Waals surface area contributed by atoms with E-state index in [0.29, 0.717) is 11.6 Å². The molecule has 0 aliphatic carbocycles. The van der Waals surface area contributed by atoms with Crippen LogP contribution in [-0.4, -0.2) is 64.5 Å². The third-order valence-corrected chi connectivity index (χ3v) is 5.25. The molecule has 0 spiro atoms. The number of halogens is 3. The van der Waals surface area contributed by atoms with Crippen LogP contribution >= 0.6 is 0 Å². The number of rotatable bonds is 7. The van der Waals surface area contributed by atoms with Crippen LogP contribution in [0, 0.1) is 0 Å². The molecule has 1 fully saturated rings. The van der Waals surface area contributed by atoms with Gasteiger partial charge in [0, 0.05) is 63.3 Å². The van der Waals surface area contributed by atoms with Crippen LogP contribution in [0.15, 0.2) is 36.7 Å². The minimum absolute atomic E-state index is 0.219. The standard InChI is InChI=1S/C21H28F3N5O/c1-16(2)20-25-7-8-29(20)14-13-27-9-11-28(12-10-27)15-19(30)26-18-5-3-17(4-6-18)21(22,23)24/h3-8,16H,9-15H2,1-2H3,(H,26,30). The van der Waals surface area contributed by atoms with Crippen molar-refractivity contribution in [1.29, 1.82) is 0 Å². The maximum atomic E-state index is 12.6. The van der Waals surface area contributed by atoms with Crippen molar-refractivity contribution in [1.82, 2.24) is 19.4 Å². The fourth-order valence-corrected chi connectivity index (χ4v) is 3.58. The molecule has 0 radical (unpaired) electrons. The van der Waals surface area contributed by atoms with Crippen molar-refractivity contribution < 1.29 is 18.0 Å². The molecule has 6 nitrogen and oxygen atoms in total. The van der Waals surface area contributed by atoms with Crippen molar-refractivity contribution >= 4 is 11.6 Å². The first-order valence-electron chi connectivity index (χ1n) is 10.1. The van der Waals surface area contributed by atoms with Gasteiger partial charge in [0.2, 0.25) is 5.91 Å². The molecular weight excluding hydrogens is 395 g/mol. The Balaban J connectivity index is 1.40. The van der Waals surface area contributed by atoms with Crippen LogP contribution in [0.5, 0.6) is 0 Å². The SMILES string of the molecule is CC(C)c1nccn1CCN1CCN(CC(=O)Nc2ccc(C(F)(F)F)cc2)CC1. The maximum absolute atomic E-state index is 12.6. The van der Waals surface area contributed by atoms with E-state index in [9.17, 15) is 18.0 Å². The summed E-state index contributed by atoms with van der Waals surface area (Å²) in [6, 6.07) is 4.50. The third kappa shape index (κ3) is 6.06. The van der Waals surface area contributed by atoms with Gasteiger partial charge in [-0.15, -0.1) is 0 Å². The third-order valence-electron chi connectivity index (χ3n) is 5.25. The molecule has 1 saturated heterocycles. The summed E-state index contributed by atoms with van der Waals surface area (Å²) in [7, 11) is 0. The van der Waals surface area contributed by atoms with Gasteiger partial charge in [0.15, 0.2) is 0 Å². The zero-order chi connectivity index (χ0) is 21.7. The molecule has 9 heteroatoms. The highest BCUT2D eigenvalue weighted by atomic mass is 19.4. The van der Waals surface area contributed by atoms with E-state index < -0.39 is 11.7 Å². The highest BCUT2D eigenvalue weighted by molar-refractivity contribution is 5.92. The average Bonchev–Trinajstić information content (AvgIpc) is 3.16. The summed E-state index contributed by atoms with van der Waals surface area (Å²) < 4.78 is 40.0. The van der Waals surface area contributed by atoms with Crippen LogP contribution < -0.4 is 5.32 Å². The van der Waals surface area contributed by atoms with Gasteiger partial charge in [0.1, 0.15) is 5.82 Å². The zero-order valence-corrected chi connectivity index (χ0v) is 17.3. The normalized spacial score (nSPS) is 16.2. The number of alkyl halides is 3. The second-order valence-electron chi connectivity index (χ2n) is 7.87. The Kier molecular flexibility index (Phi) is 7.14. The van der Waals surface area contributed by atoms with Crippen LogP contribution in [0.3, 0.4) is 0 Å². The Hall–Kier alpha value is -2.39. The lowest BCUT2D eigenvalue weighted by Gasteiger charge is -2.34. The largest absolute Gasteiger partial charge is 0.416 e. The van der Waals surface area contributed by atoms with Gasteiger partial charge in [-0.05, 0) is 24.3 Å². The monoisotopic (exact) mass is 423 g/mol. The van der Waals surface area contributed by atoms with Gasteiger partial charge < -0.3 is 9.88 Å². The summed E-state index contributed by atoms with van der Waals surface area (Å²) in [6.45, 7) is 9.62. The number of anilines is 1. The van der Waals surface area contributed by atoms with Crippen molar-refractivity contribution in [2.75, 3.05) is 44.6 Å². The van der Waals surface area contributed by atoms with E-state index in [1.54, 1.807) is 0 Å². The molecule has 1 N–H and O–H groups in total. The number of amides is 1. The lowest BCUT2D eigenvalue weighted by molar-refractivity contribution is -0.137. The van der Waals surface area contributed by atoms with E-state index >= 15 is 0 Å². The zero-order valence-electron chi connectivity index (χ0n) is 17.3. The molecule has 30 heavy (non-hydrogen) atoms. The molecule has 1 amide bonds. The van der Waals surface area contributed by atoms with Crippen LogP contribution in [0.25, 0.3) is 0 Å². The molecule has 0 unspecified atom stereocenters. The van der Waals surface area contributed by atoms with Crippen molar-refractivity contribution in [3.05, 3.63) is 48.0 Å². The molecule has 2 heterocycles. The van der Waals surface area contributed by atoms with Crippen LogP contribution in [-0.2, 0) is 17.5 Å². The minimum Gasteiger partial charge on any atom is -0.333 e. The number of aromatic nitrogens is 2. The van der Waals surface area contributed by atoms with Gasteiger partial charge in [-0.3, -0.25) is 14.6 Å². The summed E-state index contributed by atoms with van der Waals surface area (Å²) in [6.07, 6.45) is -0.532. The van der Waals surface area contributed by atoms with Crippen LogP contribution in [0.1, 0.15) is 31.2 Å². The highest BCUT2D eigenvalue weighted by Crippen LogP contribution is 2.29. The van der Waals surface area contributed by atoms with E-state index in [1.807, 2.05) is 12.4 Å². The van der Waals surface area contributed by atoms with E-state index in [-0.39, 0.29) is 12.5 Å². The van der Waals surface area contributed by atoms with Crippen LogP contribution in [0.2, 0.25) is 0 Å². The summed E-state index contributed by atoms with van der Waals surface area (Å²) in [5.41, 5.74) is -0.360. The fraction of sp³-hybridized carbons (Fsp3) is 0.524. The van der Waals surface area contributed by atoms with Gasteiger partial charge >= 0.3 is 6.18 Å². The lowest BCUT2D eigenvalue weighted by atomic mass is 10.2. The van der Waals surface area contributed by atoms with Crippen LogP contribution in [0.4, 0.5) is 18.9 Å². The summed E-state index contributed by atoms with van der Waals surface area (Å²) in [4.78, 5) is 21.1. The molecule has 2 aromatic rings. The minimum atomic E-state index is -4.38. The maximum Gasteiger partial charge on any atom is 0.416 e. The Morgan fingerprint density at radius 1 is 1.07 bits per heavy atom. The molecule has 1 aliphatic rings. The van der Waals surface area contributed by atoms with E-state index in [1.165, 1.54) is 12.1 Å². The number of benzene rings is 1. The second kappa shape index (κ2) is 9.61. The molecule has 3 rings (SSSR count). The number of imidazole rings is 1. The fourth-order valence-electron chi connectivity index (χ4n) is 3.58. The van der Waals surface area contributed by atoms with Gasteiger partial charge in [0.25, 0.3) is 0 Å². The number of carbonyl (C=O) groups is 1. The lowest BCUT2D eigenvalue weighted by Crippen LogP contribution is -2.49. The first kappa shape index (κ1) is 22.3. The predicted molar refractivity (Wildman–Crippen MR) is 109 cm³/mol. The van der Waals surface area contributed by atoms with Gasteiger partial charge in [-0.1, -0.05) is 13.8 Å². The van der Waals surface area contributed by atoms with Gasteiger partial charge in [-0.2, -0.15) is 13.2 Å². The number of nitrogens with zero attached hydrogens (tertiary/aromatic N) is 4. The Bertz CT molecular complexity index is 824. The molecule has 0 atom stereocenters. The van der Waals surface area contributed by atoms with E-state index in [0.717, 1.165) is 57.2 Å². The Morgan fingerprint density at radius 2 is 1.70 bits per heavy atom. The molecular formula is C21H28F3N5O. The summed E-state index contributed by atoms with van der Waals surface area (Å²) in [5.74, 6) is 1.26. The second-order valence-corrected chi connectivity index (χ2v) is 7.87. The van der Waals surface area contributed by atoms with Crippen molar-refractivity contribution in [2.45, 2.75) is 32.5 Å². The van der Waals surface area contributed by atoms with E-state index in [4.69, 9.17) is 0 Å². The van der Waals surface area contributed by atoms with Gasteiger partial charge in [-0.25, -0.2) is 4.98 Å². The van der Waals surface area contributed by atoms with Crippen molar-refractivity contribution in [3.63, 3.8) is 0 Å². The first-order chi connectivity index (χ1) is 14.2. The number of hydrogen-bond donors (Lipinski definition) is 1. The Labute approximate surface area is 174 Å². The summed E-state index contributed by atoms with van der Waals surface area (Å²) >= 11 is 0. The molecule has 1 aliphatic heterocycles. The van der Waals surface area contributed by atoms with E-state index in [2.05, 4.69) is 38.5 Å². The highest BCUT2D eigenvalue weighted by Gasteiger charge is 2.30. The molecule has 0 saturated carbocycles. The molecule has 164 valence electrons. The molecule has 0 bridgehead atoms. The number of nitrogens with one attached hydrogen (secondary N) is 1. The predicted octanol–water partition coefficient (Wildman–Crippen LogP) is 3.28. The summed E-state index contributed by atoms with van der Waals surface area (Å²) in [5, 5.41) is 2.67. The number of piperazine rings is 1. The number of hydrogen-bond acceptors (Lipinski definition) is 4. The Morgan fingerprint density at radius 3 is 2.30 bits per heavy atom. The topological polar surface area (TPSA) is 53.4 Å². The quantitative estimate of drug-likeness (QED) is 0.743. The average molecular weight is 423 g/mol. The molecule has 1 aromatic carbocycles. The van der Waals surface area contributed by atoms with Gasteiger partial charge in [0.05, 0.1) is 12.1 Å². The number of carbonyl (C=O) groups excluding carboxylic acids is 1. The smallest absolute Gasteiger partial charge is 0.333 e.